The highest BCUT2D eigenvalue weighted by Gasteiger charge is 2.30. The number of nitrogens with zero attached hydrogens (tertiary/aromatic N) is 4. The van der Waals surface area contributed by atoms with Gasteiger partial charge < -0.3 is 10.1 Å². The summed E-state index contributed by atoms with van der Waals surface area (Å²) in [5, 5.41) is 20.9. The normalized spacial score (nSPS) is 16.5. The van der Waals surface area contributed by atoms with Crippen molar-refractivity contribution in [1.29, 1.82) is 5.26 Å². The molecule has 37 heavy (non-hydrogen) atoms. The van der Waals surface area contributed by atoms with E-state index >= 15 is 0 Å². The van der Waals surface area contributed by atoms with Gasteiger partial charge in [0.2, 0.25) is 0 Å². The second-order valence-corrected chi connectivity index (χ2v) is 9.23. The first-order chi connectivity index (χ1) is 17.9. The van der Waals surface area contributed by atoms with Crippen LogP contribution in [-0.2, 0) is 0 Å². The Morgan fingerprint density at radius 1 is 0.892 bits per heavy atom. The zero-order valence-corrected chi connectivity index (χ0v) is 20.4. The molecule has 8 heteroatoms. The number of aromatic nitrogens is 2. The first kappa shape index (κ1) is 24.6. The van der Waals surface area contributed by atoms with E-state index in [0.29, 0.717) is 32.0 Å². The number of hydrogen-bond donors (Lipinski definition) is 2. The van der Waals surface area contributed by atoms with Crippen molar-refractivity contribution in [3.05, 3.63) is 107 Å². The molecular formula is C29H27F2N5O. The van der Waals surface area contributed by atoms with Crippen LogP contribution in [0.15, 0.2) is 78.6 Å². The first-order valence-electron chi connectivity index (χ1n) is 12.2. The molecule has 0 aliphatic carbocycles. The van der Waals surface area contributed by atoms with Crippen molar-refractivity contribution >= 4 is 16.6 Å². The molecule has 0 amide bonds. The van der Waals surface area contributed by atoms with Gasteiger partial charge in [-0.3, -0.25) is 9.80 Å². The molecule has 188 valence electrons. The average molecular weight is 500 g/mol. The number of aliphatic hydroxyl groups is 1. The molecule has 0 unspecified atom stereocenters. The molecule has 3 aromatic carbocycles. The standard InChI is InChI=1S/C29H27F2N5O/c1-19(28(37)24(18-32)29-33-25-4-2-3-5-26(25)34-29)35-14-16-36(17-15-35)27(20-6-10-22(30)11-7-20)21-8-12-23(31)13-9-21/h2-13,19,27,37H,14-17H2,1H3,(H,33,34)/t19-/m1/s1. The zero-order valence-electron chi connectivity index (χ0n) is 20.4. The highest BCUT2D eigenvalue weighted by atomic mass is 19.1. The number of aliphatic hydroxyl groups excluding tert-OH is 1. The minimum atomic E-state index is -0.389. The summed E-state index contributed by atoms with van der Waals surface area (Å²) < 4.78 is 27.2. The summed E-state index contributed by atoms with van der Waals surface area (Å²) >= 11 is 0. The Labute approximate surface area is 214 Å². The van der Waals surface area contributed by atoms with E-state index in [9.17, 15) is 19.1 Å². The number of benzene rings is 3. The van der Waals surface area contributed by atoms with Gasteiger partial charge in [-0.2, -0.15) is 5.26 Å². The van der Waals surface area contributed by atoms with E-state index in [-0.39, 0.29) is 35.1 Å². The number of nitrogens with one attached hydrogen (secondary N) is 1. The number of para-hydroxylation sites is 2. The Hall–Kier alpha value is -4.06. The van der Waals surface area contributed by atoms with Gasteiger partial charge >= 0.3 is 0 Å². The Kier molecular flexibility index (Phi) is 6.99. The van der Waals surface area contributed by atoms with Crippen LogP contribution in [0, 0.1) is 23.0 Å². The second kappa shape index (κ2) is 10.5. The van der Waals surface area contributed by atoms with Crippen LogP contribution in [0.25, 0.3) is 16.6 Å². The third-order valence-corrected chi connectivity index (χ3v) is 7.02. The van der Waals surface area contributed by atoms with Crippen LogP contribution in [-0.4, -0.2) is 57.1 Å². The maximum Gasteiger partial charge on any atom is 0.152 e. The Morgan fingerprint density at radius 2 is 1.43 bits per heavy atom. The molecule has 2 N–H and O–H groups in total. The second-order valence-electron chi connectivity index (χ2n) is 9.23. The van der Waals surface area contributed by atoms with Crippen LogP contribution >= 0.6 is 0 Å². The van der Waals surface area contributed by atoms with Crippen LogP contribution in [0.1, 0.15) is 29.9 Å². The van der Waals surface area contributed by atoms with Crippen molar-refractivity contribution < 1.29 is 13.9 Å². The van der Waals surface area contributed by atoms with Crippen LogP contribution in [0.4, 0.5) is 8.78 Å². The molecule has 1 atom stereocenters. The lowest BCUT2D eigenvalue weighted by molar-refractivity contribution is 0.0814. The lowest BCUT2D eigenvalue weighted by atomic mass is 9.96. The van der Waals surface area contributed by atoms with Crippen molar-refractivity contribution in [2.75, 3.05) is 26.2 Å². The fourth-order valence-electron chi connectivity index (χ4n) is 4.97. The number of piperazine rings is 1. The monoisotopic (exact) mass is 499 g/mol. The third kappa shape index (κ3) is 5.10. The number of rotatable bonds is 6. The van der Waals surface area contributed by atoms with Crippen molar-refractivity contribution in [3.8, 4) is 6.07 Å². The molecule has 2 heterocycles. The summed E-state index contributed by atoms with van der Waals surface area (Å²) in [7, 11) is 0. The molecule has 0 radical (unpaired) electrons. The van der Waals surface area contributed by atoms with Gasteiger partial charge in [-0.1, -0.05) is 36.4 Å². The molecule has 4 aromatic rings. The molecule has 0 saturated carbocycles. The largest absolute Gasteiger partial charge is 0.509 e. The Balaban J connectivity index is 1.35. The number of aromatic amines is 1. The number of fused-ring (bicyclic) bond motifs is 1. The minimum absolute atomic E-state index is 0.0244. The molecule has 6 nitrogen and oxygen atoms in total. The summed E-state index contributed by atoms with van der Waals surface area (Å²) in [6.07, 6.45) is 0. The smallest absolute Gasteiger partial charge is 0.152 e. The number of allylic oxidation sites excluding steroid dienone is 1. The van der Waals surface area contributed by atoms with Crippen molar-refractivity contribution in [1.82, 2.24) is 19.8 Å². The minimum Gasteiger partial charge on any atom is -0.509 e. The third-order valence-electron chi connectivity index (χ3n) is 7.02. The fourth-order valence-corrected chi connectivity index (χ4v) is 4.97. The summed E-state index contributed by atoms with van der Waals surface area (Å²) in [6, 6.07) is 21.9. The Bertz CT molecular complexity index is 1370. The Morgan fingerprint density at radius 3 is 1.97 bits per heavy atom. The van der Waals surface area contributed by atoms with Gasteiger partial charge in [0, 0.05) is 26.2 Å². The SMILES string of the molecule is C[C@H](C(O)=C(C#N)c1nc2ccccc2[nH]1)N1CCN(C(c2ccc(F)cc2)c2ccc(F)cc2)CC1. The van der Waals surface area contributed by atoms with Gasteiger partial charge in [0.05, 0.1) is 23.1 Å². The van der Waals surface area contributed by atoms with Gasteiger partial charge in [0.25, 0.3) is 0 Å². The van der Waals surface area contributed by atoms with Gasteiger partial charge in [-0.05, 0) is 54.4 Å². The quantitative estimate of drug-likeness (QED) is 0.273. The van der Waals surface area contributed by atoms with E-state index < -0.39 is 0 Å². The van der Waals surface area contributed by atoms with Gasteiger partial charge in [-0.25, -0.2) is 13.8 Å². The lowest BCUT2D eigenvalue weighted by Gasteiger charge is -2.41. The number of halogens is 2. The van der Waals surface area contributed by atoms with E-state index in [0.717, 1.165) is 22.2 Å². The summed E-state index contributed by atoms with van der Waals surface area (Å²) in [6.45, 7) is 4.50. The van der Waals surface area contributed by atoms with Crippen LogP contribution < -0.4 is 0 Å². The first-order valence-corrected chi connectivity index (χ1v) is 12.2. The summed E-state index contributed by atoms with van der Waals surface area (Å²) in [5.74, 6) is -0.288. The summed E-state index contributed by atoms with van der Waals surface area (Å²) in [4.78, 5) is 12.0. The van der Waals surface area contributed by atoms with Gasteiger partial charge in [0.1, 0.15) is 29.0 Å². The fraction of sp³-hybridized carbons (Fsp3) is 0.241. The van der Waals surface area contributed by atoms with E-state index in [2.05, 4.69) is 25.8 Å². The molecular weight excluding hydrogens is 472 g/mol. The van der Waals surface area contributed by atoms with Crippen molar-refractivity contribution in [3.63, 3.8) is 0 Å². The van der Waals surface area contributed by atoms with Gasteiger partial charge in [-0.15, -0.1) is 0 Å². The molecule has 5 rings (SSSR count). The highest BCUT2D eigenvalue weighted by molar-refractivity contribution is 5.83. The van der Waals surface area contributed by atoms with Crippen molar-refractivity contribution in [2.45, 2.75) is 19.0 Å². The van der Waals surface area contributed by atoms with Crippen LogP contribution in [0.2, 0.25) is 0 Å². The van der Waals surface area contributed by atoms with Crippen molar-refractivity contribution in [2.24, 2.45) is 0 Å². The van der Waals surface area contributed by atoms with Crippen LogP contribution in [0.5, 0.6) is 0 Å². The molecule has 0 bridgehead atoms. The topological polar surface area (TPSA) is 79.2 Å². The highest BCUT2D eigenvalue weighted by Crippen LogP contribution is 2.31. The van der Waals surface area contributed by atoms with Gasteiger partial charge in [0.15, 0.2) is 5.82 Å². The average Bonchev–Trinajstić information content (AvgIpc) is 3.35. The maximum absolute atomic E-state index is 13.6. The number of nitriles is 1. The number of H-pyrrole nitrogens is 1. The van der Waals surface area contributed by atoms with E-state index in [1.54, 1.807) is 24.3 Å². The number of imidazole rings is 1. The van der Waals surface area contributed by atoms with E-state index in [1.807, 2.05) is 31.2 Å². The molecule has 1 aliphatic heterocycles. The lowest BCUT2D eigenvalue weighted by Crippen LogP contribution is -2.51. The molecule has 0 spiro atoms. The molecule has 1 aliphatic rings. The zero-order chi connectivity index (χ0) is 25.9. The number of hydrogen-bond acceptors (Lipinski definition) is 5. The maximum atomic E-state index is 13.6. The summed E-state index contributed by atoms with van der Waals surface area (Å²) in [5.41, 5.74) is 3.50. The van der Waals surface area contributed by atoms with E-state index in [4.69, 9.17) is 0 Å². The van der Waals surface area contributed by atoms with E-state index in [1.165, 1.54) is 24.3 Å². The van der Waals surface area contributed by atoms with Crippen LogP contribution in [0.3, 0.4) is 0 Å². The molecule has 1 aromatic heterocycles. The predicted octanol–water partition coefficient (Wildman–Crippen LogP) is 5.43. The molecule has 1 saturated heterocycles. The molecule has 1 fully saturated rings. The predicted molar refractivity (Wildman–Crippen MR) is 139 cm³/mol.